The van der Waals surface area contributed by atoms with E-state index >= 15 is 0 Å². The minimum absolute atomic E-state index is 0.0595. The molecular formula is C22H30N2O4S. The highest BCUT2D eigenvalue weighted by molar-refractivity contribution is 7.80. The van der Waals surface area contributed by atoms with E-state index in [0.717, 1.165) is 24.8 Å². The largest absolute Gasteiger partial charge is 0.497 e. The SMILES string of the molecule is COc1ccc(OC)c([C@H]2NC(=S)NC(C)=C2C(=O)O[C@H]2CC[C@H](C)[C@@H](C)C2)c1. The lowest BCUT2D eigenvalue weighted by atomic mass is 9.80. The highest BCUT2D eigenvalue weighted by Crippen LogP contribution is 2.37. The summed E-state index contributed by atoms with van der Waals surface area (Å²) in [5.74, 6) is 2.20. The summed E-state index contributed by atoms with van der Waals surface area (Å²) < 4.78 is 16.9. The molecule has 2 aliphatic rings. The van der Waals surface area contributed by atoms with Gasteiger partial charge in [-0.15, -0.1) is 0 Å². The Morgan fingerprint density at radius 1 is 1.14 bits per heavy atom. The Bertz CT molecular complexity index is 823. The van der Waals surface area contributed by atoms with Crippen LogP contribution < -0.4 is 20.1 Å². The van der Waals surface area contributed by atoms with Crippen molar-refractivity contribution in [3.8, 4) is 11.5 Å². The fourth-order valence-electron chi connectivity index (χ4n) is 4.08. The molecule has 0 spiro atoms. The minimum Gasteiger partial charge on any atom is -0.497 e. The van der Waals surface area contributed by atoms with Gasteiger partial charge in [0.15, 0.2) is 5.11 Å². The minimum atomic E-state index is -0.485. The predicted molar refractivity (Wildman–Crippen MR) is 116 cm³/mol. The Labute approximate surface area is 178 Å². The van der Waals surface area contributed by atoms with E-state index in [2.05, 4.69) is 24.5 Å². The van der Waals surface area contributed by atoms with Crippen LogP contribution in [0.2, 0.25) is 0 Å². The zero-order valence-corrected chi connectivity index (χ0v) is 18.5. The molecule has 1 aliphatic heterocycles. The zero-order chi connectivity index (χ0) is 21.1. The van der Waals surface area contributed by atoms with Gasteiger partial charge in [-0.2, -0.15) is 0 Å². The van der Waals surface area contributed by atoms with Crippen LogP contribution in [0.5, 0.6) is 11.5 Å². The van der Waals surface area contributed by atoms with Gasteiger partial charge in [0.1, 0.15) is 17.6 Å². The van der Waals surface area contributed by atoms with Crippen molar-refractivity contribution in [2.24, 2.45) is 11.8 Å². The normalized spacial score (nSPS) is 27.0. The van der Waals surface area contributed by atoms with E-state index in [4.69, 9.17) is 26.4 Å². The maximum Gasteiger partial charge on any atom is 0.338 e. The monoisotopic (exact) mass is 418 g/mol. The van der Waals surface area contributed by atoms with Crippen LogP contribution in [-0.2, 0) is 9.53 Å². The van der Waals surface area contributed by atoms with Gasteiger partial charge in [-0.3, -0.25) is 0 Å². The van der Waals surface area contributed by atoms with Gasteiger partial charge in [0.2, 0.25) is 0 Å². The number of allylic oxidation sites excluding steroid dienone is 1. The quantitative estimate of drug-likeness (QED) is 0.556. The van der Waals surface area contributed by atoms with Gasteiger partial charge >= 0.3 is 5.97 Å². The molecule has 0 unspecified atom stereocenters. The Hall–Kier alpha value is -2.28. The molecule has 1 saturated carbocycles. The van der Waals surface area contributed by atoms with Crippen molar-refractivity contribution in [1.82, 2.24) is 10.6 Å². The highest BCUT2D eigenvalue weighted by atomic mass is 32.1. The molecular weight excluding hydrogens is 388 g/mol. The second-order valence-corrected chi connectivity index (χ2v) is 8.38. The molecule has 158 valence electrons. The molecule has 4 atom stereocenters. The number of hydrogen-bond donors (Lipinski definition) is 2. The number of carbonyl (C=O) groups is 1. The highest BCUT2D eigenvalue weighted by Gasteiger charge is 2.35. The lowest BCUT2D eigenvalue weighted by molar-refractivity contribution is -0.147. The lowest BCUT2D eigenvalue weighted by Gasteiger charge is -2.34. The van der Waals surface area contributed by atoms with Crippen molar-refractivity contribution >= 4 is 23.3 Å². The van der Waals surface area contributed by atoms with Gasteiger partial charge in [0, 0.05) is 11.3 Å². The van der Waals surface area contributed by atoms with E-state index < -0.39 is 6.04 Å². The molecule has 1 aliphatic carbocycles. The van der Waals surface area contributed by atoms with E-state index in [1.807, 2.05) is 25.1 Å². The summed E-state index contributed by atoms with van der Waals surface area (Å²) in [5.41, 5.74) is 1.97. The molecule has 1 fully saturated rings. The number of nitrogens with one attached hydrogen (secondary N) is 2. The van der Waals surface area contributed by atoms with Crippen LogP contribution in [-0.4, -0.2) is 31.4 Å². The number of ether oxygens (including phenoxy) is 3. The first kappa shape index (κ1) is 21.4. The number of benzene rings is 1. The lowest BCUT2D eigenvalue weighted by Crippen LogP contribution is -2.45. The van der Waals surface area contributed by atoms with Gasteiger partial charge in [-0.1, -0.05) is 13.8 Å². The number of hydrogen-bond acceptors (Lipinski definition) is 5. The first-order valence-corrected chi connectivity index (χ1v) is 10.5. The average Bonchev–Trinajstić information content (AvgIpc) is 2.69. The third-order valence-corrected chi connectivity index (χ3v) is 6.28. The second kappa shape index (κ2) is 9.03. The van der Waals surface area contributed by atoms with Gasteiger partial charge < -0.3 is 24.8 Å². The zero-order valence-electron chi connectivity index (χ0n) is 17.7. The third-order valence-electron chi connectivity index (χ3n) is 6.06. The van der Waals surface area contributed by atoms with E-state index in [0.29, 0.717) is 39.7 Å². The standard InChI is InChI=1S/C22H30N2O4S/c1-12-6-7-16(10-13(12)2)28-21(25)19-14(3)23-22(29)24-20(19)17-11-15(26-4)8-9-18(17)27-5/h8-9,11-13,16,20H,6-7,10H2,1-5H3,(H2,23,24,29)/t12-,13-,16-,20+/m0/s1. The van der Waals surface area contributed by atoms with Crippen molar-refractivity contribution in [3.05, 3.63) is 35.0 Å². The Balaban J connectivity index is 1.91. The summed E-state index contributed by atoms with van der Waals surface area (Å²) in [6.07, 6.45) is 2.81. The van der Waals surface area contributed by atoms with Gasteiger partial charge in [0.05, 0.1) is 25.8 Å². The van der Waals surface area contributed by atoms with Gasteiger partial charge in [-0.25, -0.2) is 4.79 Å². The van der Waals surface area contributed by atoms with Crippen molar-refractivity contribution in [3.63, 3.8) is 0 Å². The predicted octanol–water partition coefficient (Wildman–Crippen LogP) is 3.86. The Morgan fingerprint density at radius 3 is 2.55 bits per heavy atom. The topological polar surface area (TPSA) is 68.8 Å². The fourth-order valence-corrected chi connectivity index (χ4v) is 4.35. The molecule has 3 rings (SSSR count). The van der Waals surface area contributed by atoms with Crippen molar-refractivity contribution < 1.29 is 19.0 Å². The number of methoxy groups -OCH3 is 2. The van der Waals surface area contributed by atoms with Crippen LogP contribution in [0, 0.1) is 11.8 Å². The molecule has 6 nitrogen and oxygen atoms in total. The average molecular weight is 419 g/mol. The third kappa shape index (κ3) is 4.66. The Morgan fingerprint density at radius 2 is 1.90 bits per heavy atom. The number of esters is 1. The van der Waals surface area contributed by atoms with E-state index in [1.54, 1.807) is 14.2 Å². The fraction of sp³-hybridized carbons (Fsp3) is 0.545. The summed E-state index contributed by atoms with van der Waals surface area (Å²) >= 11 is 5.35. The molecule has 2 N–H and O–H groups in total. The molecule has 1 heterocycles. The van der Waals surface area contributed by atoms with Gasteiger partial charge in [-0.05, 0) is 68.4 Å². The molecule has 0 aromatic heterocycles. The van der Waals surface area contributed by atoms with Crippen LogP contribution in [0.3, 0.4) is 0 Å². The van der Waals surface area contributed by atoms with Gasteiger partial charge in [0.25, 0.3) is 0 Å². The van der Waals surface area contributed by atoms with Crippen LogP contribution >= 0.6 is 12.2 Å². The molecule has 29 heavy (non-hydrogen) atoms. The maximum absolute atomic E-state index is 13.2. The van der Waals surface area contributed by atoms with Crippen LogP contribution in [0.15, 0.2) is 29.5 Å². The molecule has 0 saturated heterocycles. The molecule has 7 heteroatoms. The van der Waals surface area contributed by atoms with E-state index in [-0.39, 0.29) is 12.1 Å². The van der Waals surface area contributed by atoms with Crippen LogP contribution in [0.25, 0.3) is 0 Å². The summed E-state index contributed by atoms with van der Waals surface area (Å²) in [6, 6.07) is 5.01. The summed E-state index contributed by atoms with van der Waals surface area (Å²) in [4.78, 5) is 13.2. The van der Waals surface area contributed by atoms with Crippen molar-refractivity contribution in [2.75, 3.05) is 14.2 Å². The van der Waals surface area contributed by atoms with E-state index in [1.165, 1.54) is 0 Å². The molecule has 0 amide bonds. The number of rotatable bonds is 5. The molecule has 0 radical (unpaired) electrons. The first-order valence-electron chi connectivity index (χ1n) is 10.0. The van der Waals surface area contributed by atoms with Crippen molar-refractivity contribution in [1.29, 1.82) is 0 Å². The second-order valence-electron chi connectivity index (χ2n) is 7.97. The molecule has 1 aromatic rings. The molecule has 1 aromatic carbocycles. The summed E-state index contributed by atoms with van der Waals surface area (Å²) in [6.45, 7) is 6.33. The maximum atomic E-state index is 13.2. The molecule has 0 bridgehead atoms. The van der Waals surface area contributed by atoms with Crippen LogP contribution in [0.1, 0.15) is 51.6 Å². The smallest absolute Gasteiger partial charge is 0.338 e. The summed E-state index contributed by atoms with van der Waals surface area (Å²) in [5, 5.41) is 6.71. The summed E-state index contributed by atoms with van der Waals surface area (Å²) in [7, 11) is 3.21. The van der Waals surface area contributed by atoms with Crippen molar-refractivity contribution in [2.45, 2.75) is 52.2 Å². The number of carbonyl (C=O) groups excluding carboxylic acids is 1. The van der Waals surface area contributed by atoms with Crippen LogP contribution in [0.4, 0.5) is 0 Å². The number of thiocarbonyl (C=S) groups is 1. The Kier molecular flexibility index (Phi) is 6.67. The van der Waals surface area contributed by atoms with E-state index in [9.17, 15) is 4.79 Å². The first-order chi connectivity index (χ1) is 13.8.